The average molecular weight is 571 g/mol. The topological polar surface area (TPSA) is 188 Å². The van der Waals surface area contributed by atoms with E-state index < -0.39 is 66.1 Å². The van der Waals surface area contributed by atoms with E-state index in [1.165, 1.54) is 11.0 Å². The number of aromatic nitrogens is 1. The van der Waals surface area contributed by atoms with Crippen molar-refractivity contribution < 1.29 is 47.9 Å². The third kappa shape index (κ3) is 6.06. The highest BCUT2D eigenvalue weighted by Crippen LogP contribution is 2.31. The number of pyridine rings is 1. The molecular formula is C25H27BFN5O9. The number of hydrogen-bond donors (Lipinski definition) is 4. The number of halogens is 1. The smallest absolute Gasteiger partial charge is 0.534 e. The fourth-order valence-electron chi connectivity index (χ4n) is 4.46. The number of amides is 5. The van der Waals surface area contributed by atoms with E-state index in [-0.39, 0.29) is 44.0 Å². The van der Waals surface area contributed by atoms with Crippen LogP contribution in [0.2, 0.25) is 0 Å². The van der Waals surface area contributed by atoms with Gasteiger partial charge in [-0.2, -0.15) is 0 Å². The number of rotatable bonds is 7. The van der Waals surface area contributed by atoms with Gasteiger partial charge in [-0.15, -0.1) is 0 Å². The quantitative estimate of drug-likeness (QED) is 0.195. The van der Waals surface area contributed by atoms with Gasteiger partial charge in [-0.25, -0.2) is 14.0 Å². The van der Waals surface area contributed by atoms with Crippen LogP contribution in [-0.4, -0.2) is 93.9 Å². The number of urea groups is 1. The fourth-order valence-corrected chi connectivity index (χ4v) is 4.46. The minimum Gasteiger partial charge on any atom is -0.534 e. The van der Waals surface area contributed by atoms with Gasteiger partial charge in [0, 0.05) is 25.7 Å². The normalized spacial score (nSPS) is 17.4. The molecule has 216 valence electrons. The van der Waals surface area contributed by atoms with E-state index in [0.29, 0.717) is 16.5 Å². The molecule has 5 amide bonds. The first-order chi connectivity index (χ1) is 19.5. The lowest BCUT2D eigenvalue weighted by molar-refractivity contribution is -0.153. The number of likely N-dealkylation sites (N-methyl/N-ethyl adjacent to an activating group) is 1. The van der Waals surface area contributed by atoms with E-state index in [9.17, 15) is 38.5 Å². The number of ether oxygens (including phenoxy) is 1. The van der Waals surface area contributed by atoms with Crippen molar-refractivity contribution >= 4 is 36.8 Å². The Morgan fingerprint density at radius 1 is 1.24 bits per heavy atom. The van der Waals surface area contributed by atoms with Crippen molar-refractivity contribution in [1.29, 1.82) is 0 Å². The summed E-state index contributed by atoms with van der Waals surface area (Å²) >= 11 is 0. The maximum absolute atomic E-state index is 14.8. The summed E-state index contributed by atoms with van der Waals surface area (Å²) in [5.41, 5.74) is -0.0644. The van der Waals surface area contributed by atoms with Crippen molar-refractivity contribution in [2.45, 2.75) is 32.3 Å². The van der Waals surface area contributed by atoms with Gasteiger partial charge < -0.3 is 35.1 Å². The zero-order valence-electron chi connectivity index (χ0n) is 22.1. The van der Waals surface area contributed by atoms with E-state index in [4.69, 9.17) is 9.39 Å². The van der Waals surface area contributed by atoms with Crippen LogP contribution in [0.4, 0.5) is 9.18 Å². The Morgan fingerprint density at radius 3 is 2.68 bits per heavy atom. The minimum absolute atomic E-state index is 0.0202. The van der Waals surface area contributed by atoms with Gasteiger partial charge in [-0.1, -0.05) is 12.1 Å². The lowest BCUT2D eigenvalue weighted by Gasteiger charge is -2.33. The lowest BCUT2D eigenvalue weighted by atomic mass is 9.72. The molecule has 3 heterocycles. The highest BCUT2D eigenvalue weighted by atomic mass is 19.1. The molecular weight excluding hydrogens is 544 g/mol. The highest BCUT2D eigenvalue weighted by Gasteiger charge is 2.41. The van der Waals surface area contributed by atoms with E-state index in [2.05, 4.69) is 15.6 Å². The third-order valence-electron chi connectivity index (χ3n) is 6.54. The molecule has 41 heavy (non-hydrogen) atoms. The molecule has 4 rings (SSSR count). The summed E-state index contributed by atoms with van der Waals surface area (Å²) in [5, 5.41) is 24.9. The molecule has 2 aliphatic heterocycles. The van der Waals surface area contributed by atoms with Crippen LogP contribution in [0, 0.1) is 5.82 Å². The summed E-state index contributed by atoms with van der Waals surface area (Å²) in [6.45, 7) is 3.57. The number of carbonyl (C=O) groups is 5. The number of fused-ring (bicyclic) bond motifs is 1. The Hall–Kier alpha value is -4.73. The molecule has 0 bridgehead atoms. The van der Waals surface area contributed by atoms with Gasteiger partial charge in [0.1, 0.15) is 22.8 Å². The van der Waals surface area contributed by atoms with E-state index in [0.717, 1.165) is 6.20 Å². The lowest BCUT2D eigenvalue weighted by Crippen LogP contribution is -2.60. The van der Waals surface area contributed by atoms with Crippen LogP contribution in [0.15, 0.2) is 30.5 Å². The molecule has 1 aromatic carbocycles. The standard InChI is InChI=1S/C25H27BFN5O9/c1-3-31-8-9-32(23(36)22(31)35)25(38)30-19(18-16(27)11-14(33)12-28-18)21(34)29-17-10-13-6-5-7-15(24(37)40-4-2)20(13)41-26(17)39/h5-7,11-12,17,19,33,39H,3-4,8-10H2,1-2H3,(H,29,34)(H,30,38)/t17-,19?/m0/s1. The summed E-state index contributed by atoms with van der Waals surface area (Å²) in [6.07, 6.45) is 0.832. The first-order valence-electron chi connectivity index (χ1n) is 12.7. The van der Waals surface area contributed by atoms with Gasteiger partial charge in [0.05, 0.1) is 18.7 Å². The van der Waals surface area contributed by atoms with Crippen LogP contribution < -0.4 is 15.3 Å². The predicted molar refractivity (Wildman–Crippen MR) is 138 cm³/mol. The molecule has 2 atom stereocenters. The second kappa shape index (κ2) is 12.2. The second-order valence-electron chi connectivity index (χ2n) is 9.13. The Balaban J connectivity index is 1.57. The molecule has 4 N–H and O–H groups in total. The number of nitrogens with zero attached hydrogens (tertiary/aromatic N) is 3. The van der Waals surface area contributed by atoms with Crippen LogP contribution in [0.25, 0.3) is 0 Å². The molecule has 1 unspecified atom stereocenters. The van der Waals surface area contributed by atoms with Crippen LogP contribution in [-0.2, 0) is 25.5 Å². The molecule has 0 spiro atoms. The summed E-state index contributed by atoms with van der Waals surface area (Å²) in [5.74, 6) is -6.47. The second-order valence-corrected chi connectivity index (χ2v) is 9.13. The maximum Gasteiger partial charge on any atom is 0.547 e. The van der Waals surface area contributed by atoms with Gasteiger partial charge in [0.2, 0.25) is 5.91 Å². The summed E-state index contributed by atoms with van der Waals surface area (Å²) in [4.78, 5) is 69.0. The van der Waals surface area contributed by atoms with Crippen LogP contribution >= 0.6 is 0 Å². The van der Waals surface area contributed by atoms with E-state index in [1.54, 1.807) is 26.0 Å². The van der Waals surface area contributed by atoms with Crippen molar-refractivity contribution in [3.63, 3.8) is 0 Å². The molecule has 16 heteroatoms. The Bertz CT molecular complexity index is 1390. The molecule has 2 aliphatic rings. The van der Waals surface area contributed by atoms with Gasteiger partial charge >= 0.3 is 30.9 Å². The van der Waals surface area contributed by atoms with Crippen LogP contribution in [0.3, 0.4) is 0 Å². The number of carbonyl (C=O) groups excluding carboxylic acids is 5. The van der Waals surface area contributed by atoms with Crippen LogP contribution in [0.1, 0.15) is 41.5 Å². The number of benzene rings is 1. The zero-order valence-corrected chi connectivity index (χ0v) is 22.1. The fraction of sp³-hybridized carbons (Fsp3) is 0.360. The molecule has 2 aromatic rings. The van der Waals surface area contributed by atoms with Gasteiger partial charge in [0.15, 0.2) is 11.9 Å². The van der Waals surface area contributed by atoms with Gasteiger partial charge in [-0.3, -0.25) is 24.3 Å². The first-order valence-corrected chi connectivity index (χ1v) is 12.7. The number of nitrogens with one attached hydrogen (secondary N) is 2. The number of piperazine rings is 1. The number of para-hydroxylation sites is 1. The van der Waals surface area contributed by atoms with Crippen molar-refractivity contribution in [2.75, 3.05) is 26.2 Å². The maximum atomic E-state index is 14.8. The summed E-state index contributed by atoms with van der Waals surface area (Å²) in [6, 6.07) is 2.31. The van der Waals surface area contributed by atoms with Crippen LogP contribution in [0.5, 0.6) is 11.5 Å². The monoisotopic (exact) mass is 571 g/mol. The molecule has 0 aliphatic carbocycles. The molecule has 0 saturated carbocycles. The number of hydrogen-bond acceptors (Lipinski definition) is 10. The third-order valence-corrected chi connectivity index (χ3v) is 6.54. The Morgan fingerprint density at radius 2 is 2.00 bits per heavy atom. The van der Waals surface area contributed by atoms with Gasteiger partial charge in [0.25, 0.3) is 0 Å². The first kappa shape index (κ1) is 29.3. The minimum atomic E-state index is -1.85. The average Bonchev–Trinajstić information content (AvgIpc) is 2.93. The van der Waals surface area contributed by atoms with Crippen molar-refractivity contribution in [1.82, 2.24) is 25.4 Å². The molecule has 1 fully saturated rings. The summed E-state index contributed by atoms with van der Waals surface area (Å²) in [7, 11) is -1.66. The zero-order chi connectivity index (χ0) is 29.8. The molecule has 1 aromatic heterocycles. The number of imide groups is 1. The van der Waals surface area contributed by atoms with Gasteiger partial charge in [-0.05, 0) is 31.9 Å². The van der Waals surface area contributed by atoms with Crippen molar-refractivity contribution in [3.05, 3.63) is 53.1 Å². The predicted octanol–water partition coefficient (Wildman–Crippen LogP) is -0.316. The molecule has 1 saturated heterocycles. The highest BCUT2D eigenvalue weighted by molar-refractivity contribution is 6.47. The van der Waals surface area contributed by atoms with Crippen molar-refractivity contribution in [3.8, 4) is 11.5 Å². The molecule has 0 radical (unpaired) electrons. The molecule has 14 nitrogen and oxygen atoms in total. The Kier molecular flexibility index (Phi) is 8.71. The number of esters is 1. The summed E-state index contributed by atoms with van der Waals surface area (Å²) < 4.78 is 25.3. The Labute approximate surface area is 233 Å². The van der Waals surface area contributed by atoms with E-state index >= 15 is 0 Å². The number of aromatic hydroxyl groups is 1. The van der Waals surface area contributed by atoms with E-state index in [1.807, 2.05) is 0 Å². The van der Waals surface area contributed by atoms with Crippen molar-refractivity contribution in [2.24, 2.45) is 0 Å². The largest absolute Gasteiger partial charge is 0.547 e. The SMILES string of the molecule is CCOC(=O)c1cccc2c1OB(O)[C@@H](NC(=O)C(NC(=O)N1CCN(CC)C(=O)C1=O)c1ncc(O)cc1F)C2.